The summed E-state index contributed by atoms with van der Waals surface area (Å²) in [4.78, 5) is 2.37. The molecule has 2 aromatic rings. The van der Waals surface area contributed by atoms with Crippen molar-refractivity contribution in [2.75, 3.05) is 13.6 Å². The lowest BCUT2D eigenvalue weighted by molar-refractivity contribution is 0.170. The predicted octanol–water partition coefficient (Wildman–Crippen LogP) is 1.97. The van der Waals surface area contributed by atoms with Crippen molar-refractivity contribution in [3.63, 3.8) is 0 Å². The van der Waals surface area contributed by atoms with Crippen LogP contribution in [0.1, 0.15) is 30.0 Å². The standard InChI is InChI=1S/C14H20N4/c1-9-5-10(6-11-7-16-17-14(9)11)13-4-3-12(15)8-18(13)2/h5-7,12-13H,3-4,8,15H2,1-2H3,(H,16,17). The van der Waals surface area contributed by atoms with Crippen LogP contribution in [0.4, 0.5) is 0 Å². The highest BCUT2D eigenvalue weighted by Crippen LogP contribution is 2.31. The number of nitrogens with two attached hydrogens (primary N) is 1. The van der Waals surface area contributed by atoms with E-state index in [0.717, 1.165) is 24.9 Å². The van der Waals surface area contributed by atoms with Crippen LogP contribution in [-0.2, 0) is 0 Å². The van der Waals surface area contributed by atoms with Gasteiger partial charge < -0.3 is 5.73 Å². The van der Waals surface area contributed by atoms with Gasteiger partial charge in [0.25, 0.3) is 0 Å². The van der Waals surface area contributed by atoms with E-state index in [-0.39, 0.29) is 0 Å². The lowest BCUT2D eigenvalue weighted by Crippen LogP contribution is -2.42. The summed E-state index contributed by atoms with van der Waals surface area (Å²) in [5, 5.41) is 8.38. The number of hydrogen-bond acceptors (Lipinski definition) is 3. The van der Waals surface area contributed by atoms with Gasteiger partial charge in [-0.25, -0.2) is 0 Å². The summed E-state index contributed by atoms with van der Waals surface area (Å²) in [6, 6.07) is 5.34. The molecule has 0 amide bonds. The monoisotopic (exact) mass is 244 g/mol. The maximum absolute atomic E-state index is 6.01. The highest BCUT2D eigenvalue weighted by molar-refractivity contribution is 5.82. The molecule has 1 saturated heterocycles. The molecule has 2 atom stereocenters. The van der Waals surface area contributed by atoms with Crippen LogP contribution >= 0.6 is 0 Å². The normalized spacial score (nSPS) is 25.7. The van der Waals surface area contributed by atoms with Gasteiger partial charge in [0, 0.05) is 24.0 Å². The van der Waals surface area contributed by atoms with Crippen LogP contribution in [0.25, 0.3) is 10.9 Å². The molecular weight excluding hydrogens is 224 g/mol. The number of likely N-dealkylation sites (N-methyl/N-ethyl adjacent to an activating group) is 1. The fourth-order valence-electron chi connectivity index (χ4n) is 3.06. The lowest BCUT2D eigenvalue weighted by atomic mass is 9.92. The first kappa shape index (κ1) is 11.7. The number of hydrogen-bond donors (Lipinski definition) is 2. The van der Waals surface area contributed by atoms with E-state index < -0.39 is 0 Å². The van der Waals surface area contributed by atoms with E-state index in [4.69, 9.17) is 5.73 Å². The third-order valence-corrected chi connectivity index (χ3v) is 4.02. The van der Waals surface area contributed by atoms with Crippen molar-refractivity contribution in [1.82, 2.24) is 15.1 Å². The van der Waals surface area contributed by atoms with E-state index in [9.17, 15) is 0 Å². The van der Waals surface area contributed by atoms with Crippen LogP contribution < -0.4 is 5.73 Å². The van der Waals surface area contributed by atoms with Crippen molar-refractivity contribution < 1.29 is 0 Å². The summed E-state index contributed by atoms with van der Waals surface area (Å²) in [7, 11) is 2.17. The number of fused-ring (bicyclic) bond motifs is 1. The van der Waals surface area contributed by atoms with Gasteiger partial charge in [-0.2, -0.15) is 5.10 Å². The van der Waals surface area contributed by atoms with Crippen LogP contribution in [0.2, 0.25) is 0 Å². The van der Waals surface area contributed by atoms with E-state index in [1.807, 2.05) is 6.20 Å². The Kier molecular flexibility index (Phi) is 2.84. The van der Waals surface area contributed by atoms with Crippen LogP contribution in [0.5, 0.6) is 0 Å². The first-order valence-electron chi connectivity index (χ1n) is 6.54. The van der Waals surface area contributed by atoms with Crippen molar-refractivity contribution in [2.24, 2.45) is 5.73 Å². The maximum Gasteiger partial charge on any atom is 0.0679 e. The van der Waals surface area contributed by atoms with Crippen LogP contribution in [0.15, 0.2) is 18.3 Å². The molecular formula is C14H20N4. The summed E-state index contributed by atoms with van der Waals surface area (Å²) < 4.78 is 0. The molecule has 1 aromatic heterocycles. The van der Waals surface area contributed by atoms with Gasteiger partial charge in [0.05, 0.1) is 11.7 Å². The zero-order valence-electron chi connectivity index (χ0n) is 11.0. The minimum Gasteiger partial charge on any atom is -0.327 e. The molecule has 3 N–H and O–H groups in total. The molecule has 18 heavy (non-hydrogen) atoms. The maximum atomic E-state index is 6.01. The first-order chi connectivity index (χ1) is 8.65. The molecule has 4 heteroatoms. The summed E-state index contributed by atoms with van der Waals surface area (Å²) >= 11 is 0. The van der Waals surface area contributed by atoms with Crippen molar-refractivity contribution in [3.8, 4) is 0 Å². The number of H-pyrrole nitrogens is 1. The Balaban J connectivity index is 1.98. The Labute approximate surface area is 107 Å². The molecule has 0 spiro atoms. The Morgan fingerprint density at radius 2 is 2.22 bits per heavy atom. The van der Waals surface area contributed by atoms with Gasteiger partial charge in [-0.15, -0.1) is 0 Å². The van der Waals surface area contributed by atoms with E-state index >= 15 is 0 Å². The highest BCUT2D eigenvalue weighted by Gasteiger charge is 2.25. The molecule has 0 saturated carbocycles. The Hall–Kier alpha value is -1.39. The average Bonchev–Trinajstić information content (AvgIpc) is 2.77. The topological polar surface area (TPSA) is 57.9 Å². The fourth-order valence-corrected chi connectivity index (χ4v) is 3.06. The van der Waals surface area contributed by atoms with E-state index in [2.05, 4.69) is 41.2 Å². The molecule has 1 aliphatic rings. The molecule has 1 aliphatic heterocycles. The number of nitrogens with zero attached hydrogens (tertiary/aromatic N) is 2. The Morgan fingerprint density at radius 1 is 1.39 bits per heavy atom. The second-order valence-electron chi connectivity index (χ2n) is 5.46. The van der Waals surface area contributed by atoms with Crippen molar-refractivity contribution >= 4 is 10.9 Å². The molecule has 0 radical (unpaired) electrons. The minimum absolute atomic E-state index is 0.324. The number of piperidine rings is 1. The highest BCUT2D eigenvalue weighted by atomic mass is 15.2. The molecule has 3 rings (SSSR count). The van der Waals surface area contributed by atoms with Crippen LogP contribution in [0.3, 0.4) is 0 Å². The molecule has 2 heterocycles. The van der Waals surface area contributed by atoms with Gasteiger partial charge in [-0.05, 0) is 44.0 Å². The summed E-state index contributed by atoms with van der Waals surface area (Å²) in [5.41, 5.74) is 9.81. The Morgan fingerprint density at radius 3 is 3.00 bits per heavy atom. The molecule has 1 aromatic carbocycles. The quantitative estimate of drug-likeness (QED) is 0.806. The molecule has 2 unspecified atom stereocenters. The summed E-state index contributed by atoms with van der Waals surface area (Å²) in [5.74, 6) is 0. The first-order valence-corrected chi connectivity index (χ1v) is 6.54. The van der Waals surface area contributed by atoms with Gasteiger partial charge >= 0.3 is 0 Å². The van der Waals surface area contributed by atoms with Crippen LogP contribution in [-0.4, -0.2) is 34.7 Å². The van der Waals surface area contributed by atoms with Gasteiger partial charge in [0.15, 0.2) is 0 Å². The number of rotatable bonds is 1. The second-order valence-corrected chi connectivity index (χ2v) is 5.46. The molecule has 96 valence electrons. The third-order valence-electron chi connectivity index (χ3n) is 4.02. The smallest absolute Gasteiger partial charge is 0.0679 e. The molecule has 0 aliphatic carbocycles. The number of benzene rings is 1. The van der Waals surface area contributed by atoms with Gasteiger partial charge in [-0.1, -0.05) is 6.07 Å². The number of aromatic nitrogens is 2. The minimum atomic E-state index is 0.324. The zero-order chi connectivity index (χ0) is 12.7. The van der Waals surface area contributed by atoms with Gasteiger partial charge in [0.2, 0.25) is 0 Å². The third kappa shape index (κ3) is 1.91. The number of aryl methyl sites for hydroxylation is 1. The second kappa shape index (κ2) is 4.37. The van der Waals surface area contributed by atoms with E-state index in [1.54, 1.807) is 0 Å². The number of likely N-dealkylation sites (tertiary alicyclic amines) is 1. The van der Waals surface area contributed by atoms with Gasteiger partial charge in [-0.3, -0.25) is 10.00 Å². The zero-order valence-corrected chi connectivity index (χ0v) is 11.0. The van der Waals surface area contributed by atoms with Crippen molar-refractivity contribution in [1.29, 1.82) is 0 Å². The largest absolute Gasteiger partial charge is 0.327 e. The number of nitrogens with one attached hydrogen (secondary N) is 1. The molecule has 1 fully saturated rings. The summed E-state index contributed by atoms with van der Waals surface area (Å²) in [6.45, 7) is 3.12. The SMILES string of the molecule is Cc1cc(C2CCC(N)CN2C)cc2cn[nH]c12. The number of aromatic amines is 1. The Bertz CT molecular complexity index is 560. The summed E-state index contributed by atoms with van der Waals surface area (Å²) in [6.07, 6.45) is 4.15. The van der Waals surface area contributed by atoms with E-state index in [1.165, 1.54) is 16.5 Å². The van der Waals surface area contributed by atoms with E-state index in [0.29, 0.717) is 12.1 Å². The van der Waals surface area contributed by atoms with Crippen LogP contribution in [0, 0.1) is 6.92 Å². The van der Waals surface area contributed by atoms with Crippen molar-refractivity contribution in [3.05, 3.63) is 29.5 Å². The van der Waals surface area contributed by atoms with Crippen molar-refractivity contribution in [2.45, 2.75) is 31.8 Å². The lowest BCUT2D eigenvalue weighted by Gasteiger charge is -2.36. The molecule has 4 nitrogen and oxygen atoms in total. The predicted molar refractivity (Wildman–Crippen MR) is 73.4 cm³/mol. The fraction of sp³-hybridized carbons (Fsp3) is 0.500. The average molecular weight is 244 g/mol. The molecule has 0 bridgehead atoms. The van der Waals surface area contributed by atoms with Gasteiger partial charge in [0.1, 0.15) is 0 Å².